The van der Waals surface area contributed by atoms with Gasteiger partial charge in [0.05, 0.1) is 4.90 Å². The lowest BCUT2D eigenvalue weighted by atomic mass is 10.1. The average molecular weight is 487 g/mol. The number of amides is 1. The van der Waals surface area contributed by atoms with Crippen molar-refractivity contribution in [2.45, 2.75) is 45.6 Å². The summed E-state index contributed by atoms with van der Waals surface area (Å²) < 4.78 is 33.1. The third-order valence-electron chi connectivity index (χ3n) is 5.27. The number of carbonyl (C=O) groups excluding carboxylic acids is 2. The SMILES string of the molecule is CCCn1c(C)cc(/C=C(/C#N)C(=O)OCC(=O)Nc2ccc(C)c(S(=O)(=O)N(C)C)c2)c1C. The van der Waals surface area contributed by atoms with Crippen LogP contribution in [0.3, 0.4) is 0 Å². The summed E-state index contributed by atoms with van der Waals surface area (Å²) in [6, 6.07) is 8.18. The summed E-state index contributed by atoms with van der Waals surface area (Å²) in [6.45, 7) is 7.78. The first-order chi connectivity index (χ1) is 15.9. The molecule has 0 saturated carbocycles. The van der Waals surface area contributed by atoms with Crippen LogP contribution in [0.1, 0.15) is 35.9 Å². The topological polar surface area (TPSA) is 121 Å². The van der Waals surface area contributed by atoms with E-state index in [1.54, 1.807) is 19.1 Å². The molecule has 0 bridgehead atoms. The van der Waals surface area contributed by atoms with E-state index in [4.69, 9.17) is 4.74 Å². The largest absolute Gasteiger partial charge is 0.451 e. The minimum absolute atomic E-state index is 0.0580. The molecule has 1 amide bonds. The quantitative estimate of drug-likeness (QED) is 0.330. The van der Waals surface area contributed by atoms with Gasteiger partial charge >= 0.3 is 5.97 Å². The number of aryl methyl sites for hydroxylation is 2. The molecule has 0 aliphatic heterocycles. The first-order valence-corrected chi connectivity index (χ1v) is 12.1. The normalized spacial score (nSPS) is 11.9. The van der Waals surface area contributed by atoms with Gasteiger partial charge in [0.15, 0.2) is 6.61 Å². The third kappa shape index (κ3) is 6.12. The van der Waals surface area contributed by atoms with Crippen LogP contribution in [-0.2, 0) is 30.9 Å². The molecule has 0 spiro atoms. The Balaban J connectivity index is 2.10. The van der Waals surface area contributed by atoms with E-state index in [1.807, 2.05) is 26.0 Å². The van der Waals surface area contributed by atoms with Crippen molar-refractivity contribution in [2.75, 3.05) is 26.0 Å². The molecule has 1 aromatic heterocycles. The van der Waals surface area contributed by atoms with Crippen molar-refractivity contribution in [3.63, 3.8) is 0 Å². The molecule has 0 aliphatic carbocycles. The van der Waals surface area contributed by atoms with Crippen LogP contribution in [0, 0.1) is 32.1 Å². The number of esters is 1. The lowest BCUT2D eigenvalue weighted by molar-refractivity contribution is -0.142. The van der Waals surface area contributed by atoms with Crippen LogP contribution in [0.2, 0.25) is 0 Å². The Kier molecular flexibility index (Phi) is 8.79. The Morgan fingerprint density at radius 2 is 1.88 bits per heavy atom. The fraction of sp³-hybridized carbons (Fsp3) is 0.375. The maximum atomic E-state index is 12.5. The van der Waals surface area contributed by atoms with E-state index >= 15 is 0 Å². The van der Waals surface area contributed by atoms with Gasteiger partial charge in [0, 0.05) is 37.7 Å². The number of ether oxygens (including phenoxy) is 1. The predicted octanol–water partition coefficient (Wildman–Crippen LogP) is 3.16. The summed E-state index contributed by atoms with van der Waals surface area (Å²) in [4.78, 5) is 24.7. The summed E-state index contributed by atoms with van der Waals surface area (Å²) in [5, 5.41) is 11.9. The summed E-state index contributed by atoms with van der Waals surface area (Å²) in [6.07, 6.45) is 2.40. The molecule has 1 heterocycles. The molecule has 0 unspecified atom stereocenters. The van der Waals surface area contributed by atoms with Crippen molar-refractivity contribution in [3.8, 4) is 6.07 Å². The number of aromatic nitrogens is 1. The molecule has 0 aliphatic rings. The van der Waals surface area contributed by atoms with Gasteiger partial charge in [-0.2, -0.15) is 5.26 Å². The molecule has 2 rings (SSSR count). The number of nitrogens with zero attached hydrogens (tertiary/aromatic N) is 3. The molecular weight excluding hydrogens is 456 g/mol. The fourth-order valence-corrected chi connectivity index (χ4v) is 4.54. The Bertz CT molecular complexity index is 1270. The predicted molar refractivity (Wildman–Crippen MR) is 129 cm³/mol. The van der Waals surface area contributed by atoms with E-state index in [0.29, 0.717) is 5.56 Å². The standard InChI is InChI=1S/C24H30N4O5S/c1-7-10-28-17(3)11-19(18(28)4)12-20(14-25)24(30)33-15-23(29)26-21-9-8-16(2)22(13-21)34(31,32)27(5)6/h8-9,11-13H,7,10,15H2,1-6H3,(H,26,29)/b20-12-. The molecule has 182 valence electrons. The van der Waals surface area contributed by atoms with Crippen LogP contribution in [-0.4, -0.2) is 49.9 Å². The van der Waals surface area contributed by atoms with Crippen LogP contribution >= 0.6 is 0 Å². The van der Waals surface area contributed by atoms with E-state index in [2.05, 4.69) is 16.8 Å². The highest BCUT2D eigenvalue weighted by Gasteiger charge is 2.21. The summed E-state index contributed by atoms with van der Waals surface area (Å²) in [5.41, 5.74) is 3.23. The van der Waals surface area contributed by atoms with E-state index in [9.17, 15) is 23.3 Å². The molecule has 9 nitrogen and oxygen atoms in total. The highest BCUT2D eigenvalue weighted by molar-refractivity contribution is 7.89. The third-order valence-corrected chi connectivity index (χ3v) is 7.22. The fourth-order valence-electron chi connectivity index (χ4n) is 3.39. The molecule has 0 fully saturated rings. The second kappa shape index (κ2) is 11.1. The Morgan fingerprint density at radius 3 is 2.47 bits per heavy atom. The van der Waals surface area contributed by atoms with E-state index in [-0.39, 0.29) is 16.2 Å². The number of nitriles is 1. The second-order valence-electron chi connectivity index (χ2n) is 8.04. The molecule has 1 N–H and O–H groups in total. The van der Waals surface area contributed by atoms with Gasteiger partial charge in [0.1, 0.15) is 11.6 Å². The van der Waals surface area contributed by atoms with Gasteiger partial charge < -0.3 is 14.6 Å². The van der Waals surface area contributed by atoms with E-state index in [1.165, 1.54) is 26.2 Å². The first kappa shape index (κ1) is 26.8. The highest BCUT2D eigenvalue weighted by atomic mass is 32.2. The number of hydrogen-bond acceptors (Lipinski definition) is 6. The number of rotatable bonds is 9. The van der Waals surface area contributed by atoms with Crippen LogP contribution < -0.4 is 5.32 Å². The lowest BCUT2D eigenvalue weighted by Gasteiger charge is -2.15. The van der Waals surface area contributed by atoms with Crippen molar-refractivity contribution >= 4 is 33.7 Å². The van der Waals surface area contributed by atoms with Gasteiger partial charge in [-0.25, -0.2) is 17.5 Å². The zero-order valence-corrected chi connectivity index (χ0v) is 21.1. The number of anilines is 1. The van der Waals surface area contributed by atoms with Gasteiger partial charge in [-0.1, -0.05) is 13.0 Å². The average Bonchev–Trinajstić information content (AvgIpc) is 3.04. The van der Waals surface area contributed by atoms with Gasteiger partial charge in [-0.3, -0.25) is 4.79 Å². The smallest absolute Gasteiger partial charge is 0.349 e. The minimum Gasteiger partial charge on any atom is -0.451 e. The van der Waals surface area contributed by atoms with Crippen molar-refractivity contribution in [3.05, 3.63) is 52.4 Å². The van der Waals surface area contributed by atoms with Crippen molar-refractivity contribution in [2.24, 2.45) is 0 Å². The van der Waals surface area contributed by atoms with Gasteiger partial charge in [-0.05, 0) is 62.6 Å². The van der Waals surface area contributed by atoms with E-state index < -0.39 is 28.5 Å². The Labute approximate surface area is 200 Å². The summed E-state index contributed by atoms with van der Waals surface area (Å²) in [7, 11) is -0.857. The van der Waals surface area contributed by atoms with Crippen LogP contribution in [0.5, 0.6) is 0 Å². The molecule has 0 atom stereocenters. The number of nitrogens with one attached hydrogen (secondary N) is 1. The molecule has 1 aromatic carbocycles. The molecule has 10 heteroatoms. The van der Waals surface area contributed by atoms with Gasteiger partial charge in [0.2, 0.25) is 10.0 Å². The van der Waals surface area contributed by atoms with Crippen molar-refractivity contribution in [1.82, 2.24) is 8.87 Å². The Hall–Kier alpha value is -3.42. The molecule has 0 radical (unpaired) electrons. The van der Waals surface area contributed by atoms with Crippen LogP contribution in [0.15, 0.2) is 34.7 Å². The van der Waals surface area contributed by atoms with Crippen molar-refractivity contribution in [1.29, 1.82) is 5.26 Å². The Morgan fingerprint density at radius 1 is 1.21 bits per heavy atom. The lowest BCUT2D eigenvalue weighted by Crippen LogP contribution is -2.24. The number of benzene rings is 1. The summed E-state index contributed by atoms with van der Waals surface area (Å²) >= 11 is 0. The maximum absolute atomic E-state index is 12.5. The highest BCUT2D eigenvalue weighted by Crippen LogP contribution is 2.22. The second-order valence-corrected chi connectivity index (χ2v) is 10.2. The number of carbonyl (C=O) groups is 2. The van der Waals surface area contributed by atoms with Crippen LogP contribution in [0.25, 0.3) is 6.08 Å². The maximum Gasteiger partial charge on any atom is 0.349 e. The monoisotopic (exact) mass is 486 g/mol. The van der Waals surface area contributed by atoms with Crippen molar-refractivity contribution < 1.29 is 22.7 Å². The zero-order valence-electron chi connectivity index (χ0n) is 20.3. The van der Waals surface area contributed by atoms with E-state index in [0.717, 1.165) is 34.2 Å². The van der Waals surface area contributed by atoms with Gasteiger partial charge in [-0.15, -0.1) is 0 Å². The first-order valence-electron chi connectivity index (χ1n) is 10.7. The number of hydrogen-bond donors (Lipinski definition) is 1. The molecule has 2 aromatic rings. The summed E-state index contributed by atoms with van der Waals surface area (Å²) in [5.74, 6) is -1.58. The minimum atomic E-state index is -3.69. The molecule has 34 heavy (non-hydrogen) atoms. The van der Waals surface area contributed by atoms with Crippen LogP contribution in [0.4, 0.5) is 5.69 Å². The zero-order chi connectivity index (χ0) is 25.6. The number of sulfonamides is 1. The van der Waals surface area contributed by atoms with Gasteiger partial charge in [0.25, 0.3) is 5.91 Å². The molecular formula is C24H30N4O5S. The molecule has 0 saturated heterocycles.